The number of nitrogens with zero attached hydrogens (tertiary/aromatic N) is 3. The summed E-state index contributed by atoms with van der Waals surface area (Å²) in [6.07, 6.45) is 0. The molecule has 0 saturated heterocycles. The zero-order valence-electron chi connectivity index (χ0n) is 18.0. The van der Waals surface area contributed by atoms with Gasteiger partial charge in [-0.1, -0.05) is 47.7 Å². The average molecular weight is 545 g/mol. The first kappa shape index (κ1) is 23.9. The number of thioether (sulfide) groups is 1. The van der Waals surface area contributed by atoms with E-state index in [0.29, 0.717) is 22.8 Å². The largest absolute Gasteiger partial charge is 0.486 e. The smallest absolute Gasteiger partial charge is 0.234 e. The highest BCUT2D eigenvalue weighted by atomic mass is 79.9. The van der Waals surface area contributed by atoms with E-state index >= 15 is 0 Å². The van der Waals surface area contributed by atoms with E-state index in [9.17, 15) is 13.6 Å². The third kappa shape index (κ3) is 5.81. The summed E-state index contributed by atoms with van der Waals surface area (Å²) in [6, 6.07) is 18.9. The lowest BCUT2D eigenvalue weighted by atomic mass is 10.2. The van der Waals surface area contributed by atoms with Gasteiger partial charge in [-0.3, -0.25) is 9.36 Å². The van der Waals surface area contributed by atoms with Gasteiger partial charge in [-0.2, -0.15) is 0 Å². The fourth-order valence-electron chi connectivity index (χ4n) is 3.07. The van der Waals surface area contributed by atoms with E-state index in [-0.39, 0.29) is 22.5 Å². The minimum atomic E-state index is -0.867. The SMILES string of the molecule is Cc1ccc(-n2c(COc3ccccc3)nnc2SCC(=O)Nc2c(F)cc(F)cc2Br)cc1. The normalized spacial score (nSPS) is 10.8. The lowest BCUT2D eigenvalue weighted by Crippen LogP contribution is -2.16. The van der Waals surface area contributed by atoms with Crippen LogP contribution < -0.4 is 10.1 Å². The number of amides is 1. The Bertz CT molecular complexity index is 1280. The van der Waals surface area contributed by atoms with E-state index in [1.54, 1.807) is 0 Å². The van der Waals surface area contributed by atoms with E-state index in [4.69, 9.17) is 4.74 Å². The van der Waals surface area contributed by atoms with Gasteiger partial charge in [0.15, 0.2) is 16.8 Å². The molecule has 0 aliphatic heterocycles. The standard InChI is InChI=1S/C24H19BrF2N4O2S/c1-15-7-9-17(10-8-15)31-21(13-33-18-5-3-2-4-6-18)29-30-24(31)34-14-22(32)28-23-19(25)11-16(26)12-20(23)27/h2-12H,13-14H2,1H3,(H,28,32). The van der Waals surface area contributed by atoms with Crippen molar-refractivity contribution in [1.29, 1.82) is 0 Å². The highest BCUT2D eigenvalue weighted by molar-refractivity contribution is 9.10. The van der Waals surface area contributed by atoms with Crippen LogP contribution in [0.15, 0.2) is 76.4 Å². The second kappa shape index (κ2) is 10.8. The molecule has 4 aromatic rings. The highest BCUT2D eigenvalue weighted by Crippen LogP contribution is 2.28. The third-order valence-electron chi connectivity index (χ3n) is 4.71. The van der Waals surface area contributed by atoms with Gasteiger partial charge in [0, 0.05) is 16.2 Å². The molecule has 0 saturated carbocycles. The maximum Gasteiger partial charge on any atom is 0.234 e. The number of carbonyl (C=O) groups excluding carboxylic acids is 1. The number of para-hydroxylation sites is 1. The maximum absolute atomic E-state index is 14.0. The summed E-state index contributed by atoms with van der Waals surface area (Å²) in [6.45, 7) is 2.16. The fourth-order valence-corrected chi connectivity index (χ4v) is 4.35. The van der Waals surface area contributed by atoms with Gasteiger partial charge in [0.05, 0.1) is 11.4 Å². The number of aromatic nitrogens is 3. The lowest BCUT2D eigenvalue weighted by molar-refractivity contribution is -0.113. The van der Waals surface area contributed by atoms with Crippen LogP contribution in [0.3, 0.4) is 0 Å². The molecule has 0 bridgehead atoms. The van der Waals surface area contributed by atoms with Gasteiger partial charge in [-0.25, -0.2) is 8.78 Å². The topological polar surface area (TPSA) is 69.0 Å². The van der Waals surface area contributed by atoms with Crippen LogP contribution in [0.5, 0.6) is 5.75 Å². The Morgan fingerprint density at radius 3 is 2.53 bits per heavy atom. The Morgan fingerprint density at radius 1 is 1.09 bits per heavy atom. The molecule has 1 heterocycles. The van der Waals surface area contributed by atoms with Crippen molar-refractivity contribution in [2.24, 2.45) is 0 Å². The number of ether oxygens (including phenoxy) is 1. The van der Waals surface area contributed by atoms with Crippen LogP contribution in [-0.2, 0) is 11.4 Å². The molecule has 4 rings (SSSR count). The summed E-state index contributed by atoms with van der Waals surface area (Å²) in [4.78, 5) is 12.5. The third-order valence-corrected chi connectivity index (χ3v) is 6.26. The van der Waals surface area contributed by atoms with Crippen LogP contribution in [-0.4, -0.2) is 26.4 Å². The second-order valence-corrected chi connectivity index (χ2v) is 9.05. The molecule has 1 N–H and O–H groups in total. The Labute approximate surface area is 207 Å². The summed E-state index contributed by atoms with van der Waals surface area (Å²) in [5.41, 5.74) is 1.79. The molecule has 1 amide bonds. The van der Waals surface area contributed by atoms with Gasteiger partial charge >= 0.3 is 0 Å². The van der Waals surface area contributed by atoms with E-state index in [0.717, 1.165) is 29.1 Å². The van der Waals surface area contributed by atoms with E-state index in [1.165, 1.54) is 0 Å². The van der Waals surface area contributed by atoms with Crippen molar-refractivity contribution in [2.45, 2.75) is 18.7 Å². The van der Waals surface area contributed by atoms with Gasteiger partial charge in [-0.15, -0.1) is 10.2 Å². The summed E-state index contributed by atoms with van der Waals surface area (Å²) in [5.74, 6) is -0.894. The van der Waals surface area contributed by atoms with Crippen molar-refractivity contribution in [3.63, 3.8) is 0 Å². The highest BCUT2D eigenvalue weighted by Gasteiger charge is 2.18. The number of aryl methyl sites for hydroxylation is 1. The summed E-state index contributed by atoms with van der Waals surface area (Å²) >= 11 is 4.21. The van der Waals surface area contributed by atoms with Crippen LogP contribution >= 0.6 is 27.7 Å². The Hall–Kier alpha value is -3.24. The van der Waals surface area contributed by atoms with Crippen molar-refractivity contribution in [1.82, 2.24) is 14.8 Å². The van der Waals surface area contributed by atoms with Crippen LogP contribution in [0.25, 0.3) is 5.69 Å². The fraction of sp³-hybridized carbons (Fsp3) is 0.125. The summed E-state index contributed by atoms with van der Waals surface area (Å²) in [7, 11) is 0. The molecule has 10 heteroatoms. The van der Waals surface area contributed by atoms with Crippen molar-refractivity contribution < 1.29 is 18.3 Å². The molecule has 0 atom stereocenters. The molecule has 174 valence electrons. The summed E-state index contributed by atoms with van der Waals surface area (Å²) < 4.78 is 35.1. The lowest BCUT2D eigenvalue weighted by Gasteiger charge is -2.12. The molecule has 0 fully saturated rings. The molecule has 3 aromatic carbocycles. The van der Waals surface area contributed by atoms with Crippen molar-refractivity contribution >= 4 is 39.3 Å². The van der Waals surface area contributed by atoms with E-state index in [2.05, 4.69) is 31.4 Å². The van der Waals surface area contributed by atoms with E-state index in [1.807, 2.05) is 66.1 Å². The van der Waals surface area contributed by atoms with Gasteiger partial charge in [0.1, 0.15) is 18.2 Å². The number of rotatable bonds is 8. The number of nitrogens with one attached hydrogen (secondary N) is 1. The zero-order chi connectivity index (χ0) is 24.1. The molecule has 0 aliphatic rings. The molecular formula is C24H19BrF2N4O2S. The predicted octanol–water partition coefficient (Wildman–Crippen LogP) is 5.93. The minimum Gasteiger partial charge on any atom is -0.486 e. The second-order valence-electron chi connectivity index (χ2n) is 7.25. The van der Waals surface area contributed by atoms with Gasteiger partial charge < -0.3 is 10.1 Å². The molecule has 0 unspecified atom stereocenters. The Morgan fingerprint density at radius 2 is 1.82 bits per heavy atom. The monoisotopic (exact) mass is 544 g/mol. The number of hydrogen-bond acceptors (Lipinski definition) is 5. The zero-order valence-corrected chi connectivity index (χ0v) is 20.4. The number of hydrogen-bond donors (Lipinski definition) is 1. The van der Waals surface area contributed by atoms with E-state index < -0.39 is 17.5 Å². The number of carbonyl (C=O) groups is 1. The molecule has 34 heavy (non-hydrogen) atoms. The maximum atomic E-state index is 14.0. The predicted molar refractivity (Wildman–Crippen MR) is 130 cm³/mol. The van der Waals surface area contributed by atoms with Gasteiger partial charge in [0.2, 0.25) is 5.91 Å². The van der Waals surface area contributed by atoms with Crippen LogP contribution in [0, 0.1) is 18.6 Å². The van der Waals surface area contributed by atoms with Gasteiger partial charge in [0.25, 0.3) is 0 Å². The molecule has 0 radical (unpaired) electrons. The van der Waals surface area contributed by atoms with Crippen LogP contribution in [0.4, 0.5) is 14.5 Å². The Balaban J connectivity index is 1.52. The molecular weight excluding hydrogens is 526 g/mol. The average Bonchev–Trinajstić information content (AvgIpc) is 3.22. The van der Waals surface area contributed by atoms with Gasteiger partial charge in [-0.05, 0) is 53.2 Å². The van der Waals surface area contributed by atoms with Crippen molar-refractivity contribution in [3.05, 3.63) is 94.2 Å². The Kier molecular flexibility index (Phi) is 7.59. The first-order valence-electron chi connectivity index (χ1n) is 10.2. The quantitative estimate of drug-likeness (QED) is 0.278. The molecule has 6 nitrogen and oxygen atoms in total. The summed E-state index contributed by atoms with van der Waals surface area (Å²) in [5, 5.41) is 11.4. The number of benzene rings is 3. The number of halogens is 3. The number of anilines is 1. The molecule has 0 spiro atoms. The minimum absolute atomic E-state index is 0.0627. The molecule has 0 aliphatic carbocycles. The van der Waals surface area contributed by atoms with Crippen LogP contribution in [0.1, 0.15) is 11.4 Å². The first-order chi connectivity index (χ1) is 16.4. The molecule has 1 aromatic heterocycles. The first-order valence-corrected chi connectivity index (χ1v) is 11.9. The van der Waals surface area contributed by atoms with Crippen molar-refractivity contribution in [2.75, 3.05) is 11.1 Å². The van der Waals surface area contributed by atoms with Crippen LogP contribution in [0.2, 0.25) is 0 Å². The van der Waals surface area contributed by atoms with Crippen molar-refractivity contribution in [3.8, 4) is 11.4 Å².